The second-order valence-electron chi connectivity index (χ2n) is 4.36. The van der Waals surface area contributed by atoms with Crippen LogP contribution in [-0.4, -0.2) is 19.6 Å². The Balaban J connectivity index is 2.33. The molecule has 0 unspecified atom stereocenters. The van der Waals surface area contributed by atoms with Crippen molar-refractivity contribution in [2.45, 2.75) is 6.42 Å². The lowest BCUT2D eigenvalue weighted by molar-refractivity contribution is 0.0602. The van der Waals surface area contributed by atoms with E-state index in [-0.39, 0.29) is 5.97 Å². The maximum Gasteiger partial charge on any atom is 0.339 e. The van der Waals surface area contributed by atoms with Gasteiger partial charge in [-0.25, -0.2) is 4.79 Å². The number of rotatable bonds is 5. The first kappa shape index (κ1) is 14.1. The molecule has 3 N–H and O–H groups in total. The lowest BCUT2D eigenvalue weighted by Gasteiger charge is -2.14. The summed E-state index contributed by atoms with van der Waals surface area (Å²) in [6, 6.07) is 15.2. The fraction of sp³-hybridized carbons (Fsp3) is 0.188. The fourth-order valence-electron chi connectivity index (χ4n) is 2.04. The summed E-state index contributed by atoms with van der Waals surface area (Å²) in [7, 11) is 1.38. The van der Waals surface area contributed by atoms with E-state index in [1.54, 1.807) is 6.07 Å². The second-order valence-corrected chi connectivity index (χ2v) is 4.36. The van der Waals surface area contributed by atoms with E-state index in [0.29, 0.717) is 12.1 Å². The average Bonchev–Trinajstić information content (AvgIpc) is 2.49. The van der Waals surface area contributed by atoms with Crippen LogP contribution >= 0.6 is 0 Å². The van der Waals surface area contributed by atoms with Crippen molar-refractivity contribution in [3.05, 3.63) is 59.7 Å². The molecule has 0 aromatic heterocycles. The number of methoxy groups -OCH3 is 1. The molecule has 0 saturated heterocycles. The number of hydrogen-bond donors (Lipinski definition) is 2. The summed E-state index contributed by atoms with van der Waals surface area (Å²) >= 11 is 0. The maximum absolute atomic E-state index is 11.8. The molecule has 0 atom stereocenters. The van der Waals surface area contributed by atoms with Crippen LogP contribution in [-0.2, 0) is 11.2 Å². The predicted molar refractivity (Wildman–Crippen MR) is 80.3 cm³/mol. The van der Waals surface area contributed by atoms with Crippen molar-refractivity contribution in [2.75, 3.05) is 19.0 Å². The Hall–Kier alpha value is -2.33. The van der Waals surface area contributed by atoms with Gasteiger partial charge in [0, 0.05) is 5.69 Å². The first-order valence-corrected chi connectivity index (χ1v) is 6.48. The summed E-state index contributed by atoms with van der Waals surface area (Å²) in [6.07, 6.45) is 0.781. The molecule has 0 bridgehead atoms. The molecule has 2 rings (SSSR count). The number of carbonyl (C=O) groups is 1. The van der Waals surface area contributed by atoms with Gasteiger partial charge in [-0.2, -0.15) is 0 Å². The minimum Gasteiger partial charge on any atom is -0.465 e. The molecule has 0 aliphatic carbocycles. The highest BCUT2D eigenvalue weighted by Gasteiger charge is 2.11. The Kier molecular flexibility index (Phi) is 4.74. The van der Waals surface area contributed by atoms with Gasteiger partial charge in [0.05, 0.1) is 18.4 Å². The van der Waals surface area contributed by atoms with Gasteiger partial charge in [-0.1, -0.05) is 30.3 Å². The van der Waals surface area contributed by atoms with Crippen LogP contribution in [0.25, 0.3) is 0 Å². The molecular formula is C16H18N2O2. The van der Waals surface area contributed by atoms with E-state index >= 15 is 0 Å². The maximum atomic E-state index is 11.8. The Labute approximate surface area is 118 Å². The molecule has 0 aliphatic rings. The van der Waals surface area contributed by atoms with Crippen molar-refractivity contribution >= 4 is 17.3 Å². The highest BCUT2D eigenvalue weighted by atomic mass is 16.5. The first-order chi connectivity index (χ1) is 9.76. The molecule has 4 heteroatoms. The van der Waals surface area contributed by atoms with Gasteiger partial charge in [0.2, 0.25) is 0 Å². The van der Waals surface area contributed by atoms with Crippen LogP contribution in [0.3, 0.4) is 0 Å². The number of anilines is 2. The van der Waals surface area contributed by atoms with Crippen molar-refractivity contribution in [3.63, 3.8) is 0 Å². The van der Waals surface area contributed by atoms with Gasteiger partial charge in [-0.3, -0.25) is 0 Å². The molecule has 0 aliphatic heterocycles. The molecule has 4 nitrogen and oxygen atoms in total. The van der Waals surface area contributed by atoms with Crippen LogP contribution in [0.5, 0.6) is 0 Å². The molecule has 104 valence electrons. The minimum absolute atomic E-state index is 0.357. The van der Waals surface area contributed by atoms with Crippen LogP contribution in [0, 0.1) is 0 Å². The van der Waals surface area contributed by atoms with E-state index in [4.69, 9.17) is 10.5 Å². The summed E-state index contributed by atoms with van der Waals surface area (Å²) < 4.78 is 4.79. The normalized spacial score (nSPS) is 10.1. The first-order valence-electron chi connectivity index (χ1n) is 6.48. The number of hydrogen-bond acceptors (Lipinski definition) is 4. The average molecular weight is 270 g/mol. The predicted octanol–water partition coefficient (Wildman–Crippen LogP) is 2.72. The minimum atomic E-state index is -0.357. The van der Waals surface area contributed by atoms with Crippen molar-refractivity contribution in [2.24, 2.45) is 5.73 Å². The molecule has 0 saturated carbocycles. The van der Waals surface area contributed by atoms with Gasteiger partial charge in [-0.05, 0) is 36.7 Å². The van der Waals surface area contributed by atoms with Crippen LogP contribution in [0.2, 0.25) is 0 Å². The van der Waals surface area contributed by atoms with Gasteiger partial charge >= 0.3 is 5.97 Å². The van der Waals surface area contributed by atoms with Crippen molar-refractivity contribution in [1.82, 2.24) is 0 Å². The quantitative estimate of drug-likeness (QED) is 0.820. The largest absolute Gasteiger partial charge is 0.465 e. The molecule has 0 heterocycles. The van der Waals surface area contributed by atoms with Crippen LogP contribution in [0.1, 0.15) is 15.9 Å². The number of benzene rings is 2. The molecule has 0 spiro atoms. The fourth-order valence-corrected chi connectivity index (χ4v) is 2.04. The van der Waals surface area contributed by atoms with E-state index in [0.717, 1.165) is 23.4 Å². The van der Waals surface area contributed by atoms with E-state index in [1.165, 1.54) is 7.11 Å². The summed E-state index contributed by atoms with van der Waals surface area (Å²) in [6.45, 7) is 0.581. The summed E-state index contributed by atoms with van der Waals surface area (Å²) in [5, 5.41) is 3.28. The zero-order valence-electron chi connectivity index (χ0n) is 11.4. The van der Waals surface area contributed by atoms with Crippen LogP contribution < -0.4 is 11.1 Å². The Morgan fingerprint density at radius 1 is 1.10 bits per heavy atom. The van der Waals surface area contributed by atoms with Gasteiger partial charge in [0.15, 0.2) is 0 Å². The van der Waals surface area contributed by atoms with Gasteiger partial charge < -0.3 is 15.8 Å². The molecule has 0 fully saturated rings. The lowest BCUT2D eigenvalue weighted by Crippen LogP contribution is -2.08. The summed E-state index contributed by atoms with van der Waals surface area (Å²) in [4.78, 5) is 11.8. The van der Waals surface area contributed by atoms with Crippen molar-refractivity contribution in [3.8, 4) is 0 Å². The number of ether oxygens (including phenoxy) is 1. The van der Waals surface area contributed by atoms with E-state index < -0.39 is 0 Å². The van der Waals surface area contributed by atoms with E-state index in [1.807, 2.05) is 42.5 Å². The lowest BCUT2D eigenvalue weighted by atomic mass is 10.1. The third-order valence-electron chi connectivity index (χ3n) is 3.03. The number of para-hydroxylation sites is 2. The summed E-state index contributed by atoms with van der Waals surface area (Å²) in [5.74, 6) is -0.357. The standard InChI is InChI=1S/C16H18N2O2/c1-20-16(19)13-7-3-5-9-15(13)18-14-8-4-2-6-12(14)10-11-17/h2-9,18H,10-11,17H2,1H3. The SMILES string of the molecule is COC(=O)c1ccccc1Nc1ccccc1CCN. The van der Waals surface area contributed by atoms with Crippen molar-refractivity contribution in [1.29, 1.82) is 0 Å². The third kappa shape index (κ3) is 3.16. The van der Waals surface area contributed by atoms with Gasteiger partial charge in [0.1, 0.15) is 0 Å². The number of esters is 1. The molecule has 2 aromatic carbocycles. The van der Waals surface area contributed by atoms with Crippen LogP contribution in [0.4, 0.5) is 11.4 Å². The molecular weight excluding hydrogens is 252 g/mol. The van der Waals surface area contributed by atoms with Gasteiger partial charge in [0.25, 0.3) is 0 Å². The monoisotopic (exact) mass is 270 g/mol. The number of nitrogens with two attached hydrogens (primary N) is 1. The Bertz CT molecular complexity index is 597. The summed E-state index contributed by atoms with van der Waals surface area (Å²) in [5.41, 5.74) is 8.93. The molecule has 0 radical (unpaired) electrons. The molecule has 0 amide bonds. The topological polar surface area (TPSA) is 64.3 Å². The molecule has 2 aromatic rings. The number of carbonyl (C=O) groups excluding carboxylic acids is 1. The molecule has 20 heavy (non-hydrogen) atoms. The smallest absolute Gasteiger partial charge is 0.339 e. The Morgan fingerprint density at radius 3 is 2.45 bits per heavy atom. The third-order valence-corrected chi connectivity index (χ3v) is 3.03. The van der Waals surface area contributed by atoms with E-state index in [2.05, 4.69) is 5.32 Å². The zero-order valence-corrected chi connectivity index (χ0v) is 11.4. The zero-order chi connectivity index (χ0) is 14.4. The van der Waals surface area contributed by atoms with Gasteiger partial charge in [-0.15, -0.1) is 0 Å². The van der Waals surface area contributed by atoms with Crippen molar-refractivity contribution < 1.29 is 9.53 Å². The van der Waals surface area contributed by atoms with E-state index in [9.17, 15) is 4.79 Å². The highest BCUT2D eigenvalue weighted by Crippen LogP contribution is 2.24. The highest BCUT2D eigenvalue weighted by molar-refractivity contribution is 5.96. The Morgan fingerprint density at radius 2 is 1.75 bits per heavy atom. The number of nitrogens with one attached hydrogen (secondary N) is 1. The second kappa shape index (κ2) is 6.73. The van der Waals surface area contributed by atoms with Crippen LogP contribution in [0.15, 0.2) is 48.5 Å².